The average molecular weight is 250 g/mol. The van der Waals surface area contributed by atoms with Crippen LogP contribution in [-0.2, 0) is 0 Å². The molecule has 2 atom stereocenters. The normalized spacial score (nSPS) is 31.2. The Kier molecular flexibility index (Phi) is 4.50. The molecule has 0 saturated carbocycles. The second kappa shape index (κ2) is 5.75. The molecule has 0 spiro atoms. The zero-order valence-corrected chi connectivity index (χ0v) is 12.6. The number of rotatable bonds is 2. The number of piperidine rings is 1. The summed E-state index contributed by atoms with van der Waals surface area (Å²) in [6.07, 6.45) is 6.46. The van der Waals surface area contributed by atoms with Gasteiger partial charge in [-0.25, -0.2) is 0 Å². The largest absolute Gasteiger partial charge is 0.314 e. The smallest absolute Gasteiger partial charge is 0.0166 e. The quantitative estimate of drug-likeness (QED) is 0.758. The molecule has 18 heavy (non-hydrogen) atoms. The molecular weight excluding hydrogens is 220 g/mol. The van der Waals surface area contributed by atoms with Gasteiger partial charge in [0, 0.05) is 25.7 Å². The highest BCUT2D eigenvalue weighted by molar-refractivity contribution is 5.14. The lowest BCUT2D eigenvalue weighted by Gasteiger charge is -2.36. The molecule has 0 aromatic carbocycles. The summed E-state index contributed by atoms with van der Waals surface area (Å²) in [6, 6.07) is 0.717. The lowest BCUT2D eigenvalue weighted by atomic mass is 9.82. The summed E-state index contributed by atoms with van der Waals surface area (Å²) >= 11 is 0. The number of hydrogen-bond donors (Lipinski definition) is 1. The highest BCUT2D eigenvalue weighted by atomic mass is 15.1. The highest BCUT2D eigenvalue weighted by Gasteiger charge is 2.24. The minimum atomic E-state index is 0.370. The van der Waals surface area contributed by atoms with Crippen LogP contribution in [0.25, 0.3) is 0 Å². The molecule has 1 saturated heterocycles. The Balaban J connectivity index is 1.81. The first kappa shape index (κ1) is 14.1. The van der Waals surface area contributed by atoms with Crippen molar-refractivity contribution < 1.29 is 0 Å². The zero-order chi connectivity index (χ0) is 13.2. The summed E-state index contributed by atoms with van der Waals surface area (Å²) in [7, 11) is 0. The highest BCUT2D eigenvalue weighted by Crippen LogP contribution is 2.30. The Bertz CT molecular complexity index is 301. The van der Waals surface area contributed by atoms with Crippen molar-refractivity contribution in [2.45, 2.75) is 53.0 Å². The van der Waals surface area contributed by atoms with Crippen LogP contribution in [0.4, 0.5) is 0 Å². The molecule has 0 aliphatic carbocycles. The van der Waals surface area contributed by atoms with E-state index in [1.807, 2.05) is 0 Å². The second-order valence-electron chi connectivity index (χ2n) is 7.23. The third-order valence-electron chi connectivity index (χ3n) is 4.51. The monoisotopic (exact) mass is 250 g/mol. The lowest BCUT2D eigenvalue weighted by molar-refractivity contribution is 0.197. The Morgan fingerprint density at radius 1 is 1.39 bits per heavy atom. The van der Waals surface area contributed by atoms with Crippen molar-refractivity contribution in [3.63, 3.8) is 0 Å². The summed E-state index contributed by atoms with van der Waals surface area (Å²) in [6.45, 7) is 14.3. The minimum absolute atomic E-state index is 0.370. The van der Waals surface area contributed by atoms with E-state index in [2.05, 4.69) is 44.0 Å². The molecule has 0 aromatic heterocycles. The van der Waals surface area contributed by atoms with Crippen molar-refractivity contribution in [3.05, 3.63) is 11.6 Å². The predicted octanol–water partition coefficient (Wildman–Crippen LogP) is 3.05. The van der Waals surface area contributed by atoms with Crippen molar-refractivity contribution >= 4 is 0 Å². The van der Waals surface area contributed by atoms with Crippen LogP contribution < -0.4 is 5.32 Å². The van der Waals surface area contributed by atoms with Gasteiger partial charge >= 0.3 is 0 Å². The summed E-state index contributed by atoms with van der Waals surface area (Å²) < 4.78 is 0. The van der Waals surface area contributed by atoms with Crippen LogP contribution >= 0.6 is 0 Å². The van der Waals surface area contributed by atoms with Gasteiger partial charge in [0.1, 0.15) is 0 Å². The lowest BCUT2D eigenvalue weighted by Crippen LogP contribution is -2.42. The van der Waals surface area contributed by atoms with Crippen LogP contribution in [0.15, 0.2) is 11.6 Å². The summed E-state index contributed by atoms with van der Waals surface area (Å²) in [4.78, 5) is 2.65. The summed E-state index contributed by atoms with van der Waals surface area (Å²) in [5, 5.41) is 3.55. The third-order valence-corrected chi connectivity index (χ3v) is 4.51. The molecule has 0 amide bonds. The van der Waals surface area contributed by atoms with E-state index in [-0.39, 0.29) is 0 Å². The standard InChI is InChI=1S/C16H30N2/c1-13-11-14(5-8-17-13)12-18-9-6-15(7-10-18)16(2,3)4/h6,13-14,17H,5,7-12H2,1-4H3. The maximum atomic E-state index is 3.55. The van der Waals surface area contributed by atoms with Gasteiger partial charge in [0.25, 0.3) is 0 Å². The van der Waals surface area contributed by atoms with E-state index in [9.17, 15) is 0 Å². The summed E-state index contributed by atoms with van der Waals surface area (Å²) in [5.41, 5.74) is 2.02. The molecule has 2 unspecified atom stereocenters. The topological polar surface area (TPSA) is 15.3 Å². The fourth-order valence-electron chi connectivity index (χ4n) is 3.32. The van der Waals surface area contributed by atoms with Crippen LogP contribution in [0.1, 0.15) is 47.0 Å². The molecule has 2 aliphatic heterocycles. The van der Waals surface area contributed by atoms with Gasteiger partial charge in [-0.3, -0.25) is 4.90 Å². The van der Waals surface area contributed by atoms with Gasteiger partial charge in [-0.1, -0.05) is 32.4 Å². The van der Waals surface area contributed by atoms with Crippen LogP contribution in [0.5, 0.6) is 0 Å². The van der Waals surface area contributed by atoms with Gasteiger partial charge in [-0.15, -0.1) is 0 Å². The van der Waals surface area contributed by atoms with E-state index in [0.29, 0.717) is 11.5 Å². The molecule has 2 aliphatic rings. The van der Waals surface area contributed by atoms with Gasteiger partial charge < -0.3 is 5.32 Å². The average Bonchev–Trinajstić information content (AvgIpc) is 2.28. The Morgan fingerprint density at radius 3 is 2.72 bits per heavy atom. The Morgan fingerprint density at radius 2 is 2.17 bits per heavy atom. The Hall–Kier alpha value is -0.340. The molecule has 0 radical (unpaired) electrons. The number of nitrogens with zero attached hydrogens (tertiary/aromatic N) is 1. The second-order valence-corrected chi connectivity index (χ2v) is 7.23. The first-order valence-electron chi connectivity index (χ1n) is 7.60. The van der Waals surface area contributed by atoms with Crippen molar-refractivity contribution in [2.75, 3.05) is 26.2 Å². The van der Waals surface area contributed by atoms with E-state index >= 15 is 0 Å². The molecule has 2 heteroatoms. The molecule has 104 valence electrons. The summed E-state index contributed by atoms with van der Waals surface area (Å²) in [5.74, 6) is 0.908. The van der Waals surface area contributed by atoms with Crippen molar-refractivity contribution in [2.24, 2.45) is 11.3 Å². The van der Waals surface area contributed by atoms with Gasteiger partial charge in [0.05, 0.1) is 0 Å². The van der Waals surface area contributed by atoms with Gasteiger partial charge in [-0.2, -0.15) is 0 Å². The van der Waals surface area contributed by atoms with Gasteiger partial charge in [0.2, 0.25) is 0 Å². The zero-order valence-electron chi connectivity index (χ0n) is 12.6. The van der Waals surface area contributed by atoms with Crippen LogP contribution in [0.2, 0.25) is 0 Å². The Labute approximate surface area is 113 Å². The minimum Gasteiger partial charge on any atom is -0.314 e. The molecular formula is C16H30N2. The SMILES string of the molecule is CC1CC(CN2CC=C(C(C)(C)C)CC2)CCN1. The van der Waals surface area contributed by atoms with Crippen molar-refractivity contribution in [3.8, 4) is 0 Å². The van der Waals surface area contributed by atoms with E-state index in [1.165, 1.54) is 45.4 Å². The molecule has 0 aromatic rings. The van der Waals surface area contributed by atoms with Gasteiger partial charge in [-0.05, 0) is 44.1 Å². The molecule has 1 N–H and O–H groups in total. The molecule has 2 rings (SSSR count). The van der Waals surface area contributed by atoms with E-state index in [4.69, 9.17) is 0 Å². The van der Waals surface area contributed by atoms with E-state index in [0.717, 1.165) is 5.92 Å². The van der Waals surface area contributed by atoms with Crippen molar-refractivity contribution in [1.82, 2.24) is 10.2 Å². The molecule has 2 nitrogen and oxygen atoms in total. The maximum absolute atomic E-state index is 3.55. The van der Waals surface area contributed by atoms with Crippen LogP contribution in [0.3, 0.4) is 0 Å². The third kappa shape index (κ3) is 3.83. The van der Waals surface area contributed by atoms with Gasteiger partial charge in [0.15, 0.2) is 0 Å². The number of nitrogens with one attached hydrogen (secondary N) is 1. The molecule has 1 fully saturated rings. The van der Waals surface area contributed by atoms with Crippen molar-refractivity contribution in [1.29, 1.82) is 0 Å². The molecule has 0 bridgehead atoms. The first-order valence-corrected chi connectivity index (χ1v) is 7.60. The van der Waals surface area contributed by atoms with Crippen LogP contribution in [-0.4, -0.2) is 37.1 Å². The number of hydrogen-bond acceptors (Lipinski definition) is 2. The fourth-order valence-corrected chi connectivity index (χ4v) is 3.32. The molecule has 2 heterocycles. The predicted molar refractivity (Wildman–Crippen MR) is 78.8 cm³/mol. The van der Waals surface area contributed by atoms with E-state index < -0.39 is 0 Å². The van der Waals surface area contributed by atoms with Crippen LogP contribution in [0, 0.1) is 11.3 Å². The first-order chi connectivity index (χ1) is 8.45. The van der Waals surface area contributed by atoms with E-state index in [1.54, 1.807) is 5.57 Å². The fraction of sp³-hybridized carbons (Fsp3) is 0.875. The maximum Gasteiger partial charge on any atom is 0.0166 e.